The predicted molar refractivity (Wildman–Crippen MR) is 59.9 cm³/mol. The van der Waals surface area contributed by atoms with Gasteiger partial charge in [-0.1, -0.05) is 12.8 Å². The Bertz CT molecular complexity index is 329. The van der Waals surface area contributed by atoms with Gasteiger partial charge in [0.2, 0.25) is 11.8 Å². The second kappa shape index (κ2) is 5.65. The third-order valence-electron chi connectivity index (χ3n) is 3.17. The highest BCUT2D eigenvalue weighted by Crippen LogP contribution is 2.31. The van der Waals surface area contributed by atoms with Gasteiger partial charge in [0.15, 0.2) is 0 Å². The van der Waals surface area contributed by atoms with E-state index < -0.39 is 23.7 Å². The van der Waals surface area contributed by atoms with Crippen LogP contribution in [-0.2, 0) is 14.4 Å². The molecule has 2 atom stereocenters. The SMILES string of the molecule is CN(CC(N)=O)C(=O)[C@@H]1CCCC[C@@H]1C(=O)O. The molecule has 1 aliphatic carbocycles. The Labute approximate surface area is 99.8 Å². The lowest BCUT2D eigenvalue weighted by Crippen LogP contribution is -2.43. The lowest BCUT2D eigenvalue weighted by molar-refractivity contribution is -0.152. The summed E-state index contributed by atoms with van der Waals surface area (Å²) >= 11 is 0. The van der Waals surface area contributed by atoms with Crippen LogP contribution >= 0.6 is 0 Å². The minimum atomic E-state index is -0.935. The van der Waals surface area contributed by atoms with Crippen LogP contribution in [0.25, 0.3) is 0 Å². The largest absolute Gasteiger partial charge is 0.481 e. The van der Waals surface area contributed by atoms with E-state index in [2.05, 4.69) is 0 Å². The van der Waals surface area contributed by atoms with Gasteiger partial charge in [0.1, 0.15) is 0 Å². The zero-order valence-corrected chi connectivity index (χ0v) is 9.89. The molecule has 0 aromatic heterocycles. The number of rotatable bonds is 4. The van der Waals surface area contributed by atoms with Crippen LogP contribution in [0.15, 0.2) is 0 Å². The van der Waals surface area contributed by atoms with E-state index in [1.54, 1.807) is 0 Å². The van der Waals surface area contributed by atoms with Crippen molar-refractivity contribution in [3.8, 4) is 0 Å². The summed E-state index contributed by atoms with van der Waals surface area (Å²) in [5, 5.41) is 9.06. The smallest absolute Gasteiger partial charge is 0.307 e. The van der Waals surface area contributed by atoms with E-state index in [4.69, 9.17) is 10.8 Å². The van der Waals surface area contributed by atoms with Gasteiger partial charge >= 0.3 is 5.97 Å². The predicted octanol–water partition coefficient (Wildman–Crippen LogP) is -0.179. The highest BCUT2D eigenvalue weighted by Gasteiger charge is 2.37. The molecule has 6 heteroatoms. The van der Waals surface area contributed by atoms with Crippen LogP contribution in [-0.4, -0.2) is 41.4 Å². The summed E-state index contributed by atoms with van der Waals surface area (Å²) < 4.78 is 0. The highest BCUT2D eigenvalue weighted by atomic mass is 16.4. The molecule has 1 rings (SSSR count). The number of carboxylic acids is 1. The number of carbonyl (C=O) groups is 3. The molecular weight excluding hydrogens is 224 g/mol. The molecule has 0 bridgehead atoms. The summed E-state index contributed by atoms with van der Waals surface area (Å²) in [6.07, 6.45) is 2.78. The van der Waals surface area contributed by atoms with Crippen LogP contribution in [0.5, 0.6) is 0 Å². The molecule has 3 N–H and O–H groups in total. The van der Waals surface area contributed by atoms with E-state index in [-0.39, 0.29) is 12.5 Å². The summed E-state index contributed by atoms with van der Waals surface area (Å²) in [5.74, 6) is -2.98. The van der Waals surface area contributed by atoms with Crippen LogP contribution in [0.1, 0.15) is 25.7 Å². The first kappa shape index (κ1) is 13.5. The highest BCUT2D eigenvalue weighted by molar-refractivity contribution is 5.88. The molecule has 1 aliphatic rings. The van der Waals surface area contributed by atoms with E-state index in [1.165, 1.54) is 11.9 Å². The first-order valence-corrected chi connectivity index (χ1v) is 5.69. The summed E-state index contributed by atoms with van der Waals surface area (Å²) in [7, 11) is 1.47. The number of amides is 2. The number of carbonyl (C=O) groups excluding carboxylic acids is 2. The Kier molecular flexibility index (Phi) is 4.48. The van der Waals surface area contributed by atoms with Crippen LogP contribution in [0.3, 0.4) is 0 Å². The van der Waals surface area contributed by atoms with Gasteiger partial charge in [0.05, 0.1) is 18.4 Å². The minimum Gasteiger partial charge on any atom is -0.481 e. The molecule has 1 saturated carbocycles. The maximum absolute atomic E-state index is 12.0. The van der Waals surface area contributed by atoms with Gasteiger partial charge in [-0.05, 0) is 12.8 Å². The Balaban J connectivity index is 2.70. The lowest BCUT2D eigenvalue weighted by Gasteiger charge is -2.30. The third-order valence-corrected chi connectivity index (χ3v) is 3.17. The second-order valence-corrected chi connectivity index (χ2v) is 4.50. The van der Waals surface area contributed by atoms with E-state index in [9.17, 15) is 14.4 Å². The van der Waals surface area contributed by atoms with E-state index >= 15 is 0 Å². The van der Waals surface area contributed by atoms with Crippen molar-refractivity contribution >= 4 is 17.8 Å². The minimum absolute atomic E-state index is 0.165. The van der Waals surface area contributed by atoms with E-state index in [0.29, 0.717) is 12.8 Å². The molecule has 0 radical (unpaired) electrons. The number of hydrogen-bond acceptors (Lipinski definition) is 3. The van der Waals surface area contributed by atoms with Crippen molar-refractivity contribution < 1.29 is 19.5 Å². The Morgan fingerprint density at radius 1 is 1.24 bits per heavy atom. The molecule has 0 spiro atoms. The summed E-state index contributed by atoms with van der Waals surface area (Å²) in [6, 6.07) is 0. The average Bonchev–Trinajstić information content (AvgIpc) is 2.27. The first-order valence-electron chi connectivity index (χ1n) is 5.69. The molecule has 0 aliphatic heterocycles. The molecule has 17 heavy (non-hydrogen) atoms. The molecule has 0 unspecified atom stereocenters. The molecule has 0 aromatic rings. The van der Waals surface area contributed by atoms with Gasteiger partial charge in [0.25, 0.3) is 0 Å². The van der Waals surface area contributed by atoms with E-state index in [0.717, 1.165) is 12.8 Å². The maximum atomic E-state index is 12.0. The fourth-order valence-electron chi connectivity index (χ4n) is 2.32. The zero-order chi connectivity index (χ0) is 13.0. The average molecular weight is 242 g/mol. The van der Waals surface area contributed by atoms with Crippen molar-refractivity contribution in [1.29, 1.82) is 0 Å². The topological polar surface area (TPSA) is 101 Å². The van der Waals surface area contributed by atoms with Crippen molar-refractivity contribution in [2.75, 3.05) is 13.6 Å². The monoisotopic (exact) mass is 242 g/mol. The zero-order valence-electron chi connectivity index (χ0n) is 9.89. The van der Waals surface area contributed by atoms with Gasteiger partial charge in [-0.3, -0.25) is 14.4 Å². The number of nitrogens with two attached hydrogens (primary N) is 1. The van der Waals surface area contributed by atoms with Crippen molar-refractivity contribution in [2.24, 2.45) is 17.6 Å². The van der Waals surface area contributed by atoms with Crippen LogP contribution in [0.2, 0.25) is 0 Å². The van der Waals surface area contributed by atoms with Gasteiger partial charge in [-0.15, -0.1) is 0 Å². The van der Waals surface area contributed by atoms with Gasteiger partial charge in [-0.25, -0.2) is 0 Å². The van der Waals surface area contributed by atoms with E-state index in [1.807, 2.05) is 0 Å². The van der Waals surface area contributed by atoms with Gasteiger partial charge in [-0.2, -0.15) is 0 Å². The summed E-state index contributed by atoms with van der Waals surface area (Å²) in [5.41, 5.74) is 5.01. The third kappa shape index (κ3) is 3.44. The number of likely N-dealkylation sites (N-methyl/N-ethyl adjacent to an activating group) is 1. The molecule has 0 heterocycles. The number of primary amides is 1. The standard InChI is InChI=1S/C11H18N2O4/c1-13(6-9(12)14)10(15)7-4-2-3-5-8(7)11(16)17/h7-8H,2-6H2,1H3,(H2,12,14)(H,16,17)/t7-,8+/m1/s1. The fraction of sp³-hybridized carbons (Fsp3) is 0.727. The molecule has 0 aromatic carbocycles. The molecule has 0 saturated heterocycles. The van der Waals surface area contributed by atoms with Gasteiger partial charge < -0.3 is 15.7 Å². The number of aliphatic carboxylic acids is 1. The van der Waals surface area contributed by atoms with Crippen LogP contribution in [0, 0.1) is 11.8 Å². The Hall–Kier alpha value is -1.59. The van der Waals surface area contributed by atoms with Crippen molar-refractivity contribution in [3.63, 3.8) is 0 Å². The van der Waals surface area contributed by atoms with Crippen LogP contribution in [0.4, 0.5) is 0 Å². The quantitative estimate of drug-likeness (QED) is 0.714. The molecule has 96 valence electrons. The fourth-order valence-corrected chi connectivity index (χ4v) is 2.32. The molecule has 1 fully saturated rings. The van der Waals surface area contributed by atoms with Crippen molar-refractivity contribution in [2.45, 2.75) is 25.7 Å². The first-order chi connectivity index (χ1) is 7.93. The van der Waals surface area contributed by atoms with Gasteiger partial charge in [0, 0.05) is 7.05 Å². The van der Waals surface area contributed by atoms with Crippen LogP contribution < -0.4 is 5.73 Å². The number of nitrogens with zero attached hydrogens (tertiary/aromatic N) is 1. The molecular formula is C11H18N2O4. The number of carboxylic acid groups (broad SMARTS) is 1. The molecule has 2 amide bonds. The number of hydrogen-bond donors (Lipinski definition) is 2. The Morgan fingerprint density at radius 2 is 1.76 bits per heavy atom. The maximum Gasteiger partial charge on any atom is 0.307 e. The van der Waals surface area contributed by atoms with Crippen molar-refractivity contribution in [3.05, 3.63) is 0 Å². The Morgan fingerprint density at radius 3 is 2.24 bits per heavy atom. The molecule has 6 nitrogen and oxygen atoms in total. The normalized spacial score (nSPS) is 24.1. The summed E-state index contributed by atoms with van der Waals surface area (Å²) in [4.78, 5) is 35.0. The lowest BCUT2D eigenvalue weighted by atomic mass is 9.78. The second-order valence-electron chi connectivity index (χ2n) is 4.50. The van der Waals surface area contributed by atoms with Crippen molar-refractivity contribution in [1.82, 2.24) is 4.90 Å². The summed E-state index contributed by atoms with van der Waals surface area (Å²) in [6.45, 7) is -0.165.